The summed E-state index contributed by atoms with van der Waals surface area (Å²) in [5.74, 6) is 1.09. The van der Waals surface area contributed by atoms with Crippen molar-refractivity contribution in [3.63, 3.8) is 0 Å². The summed E-state index contributed by atoms with van der Waals surface area (Å²) in [6.45, 7) is 7.29. The Bertz CT molecular complexity index is 311. The minimum Gasteiger partial charge on any atom is -0.130 e. The summed E-state index contributed by atoms with van der Waals surface area (Å²) in [6.07, 6.45) is 3.57. The van der Waals surface area contributed by atoms with Crippen molar-refractivity contribution >= 4 is 19.8 Å². The molecule has 1 rings (SSSR count). The first-order chi connectivity index (χ1) is 7.58. The summed E-state index contributed by atoms with van der Waals surface area (Å²) in [7, 11) is -0.842. The Kier molecular flexibility index (Phi) is 5.92. The first kappa shape index (κ1) is 13.6. The third-order valence-electron chi connectivity index (χ3n) is 2.35. The van der Waals surface area contributed by atoms with Crippen LogP contribution in [0.15, 0.2) is 41.8 Å². The summed E-state index contributed by atoms with van der Waals surface area (Å²) in [6, 6.07) is 12.0. The molecule has 0 nitrogen and oxygen atoms in total. The van der Waals surface area contributed by atoms with E-state index in [1.165, 1.54) is 18.0 Å². The van der Waals surface area contributed by atoms with Crippen LogP contribution in [0.1, 0.15) is 12.0 Å². The molecule has 0 saturated carbocycles. The predicted molar refractivity (Wildman–Crippen MR) is 79.6 cm³/mol. The van der Waals surface area contributed by atoms with Crippen LogP contribution in [0.4, 0.5) is 0 Å². The second-order valence-corrected chi connectivity index (χ2v) is 11.8. The molecule has 0 amide bonds. The van der Waals surface area contributed by atoms with Crippen LogP contribution in [0.25, 0.3) is 0 Å². The standard InChI is InChI=1S/C14H22SSi/c1-16(2,3)12-8-7-11-15-13-14-9-5-4-6-10-14/h4-7,9-11H,8,12-13H2,1-3H3/b11-7+. The summed E-state index contributed by atoms with van der Waals surface area (Å²) < 4.78 is 0. The molecular formula is C14H22SSi. The average Bonchev–Trinajstić information content (AvgIpc) is 2.23. The van der Waals surface area contributed by atoms with Crippen LogP contribution in [0.5, 0.6) is 0 Å². The minimum atomic E-state index is -0.842. The smallest absolute Gasteiger partial charge is 0.0445 e. The second kappa shape index (κ2) is 6.97. The van der Waals surface area contributed by atoms with Crippen LogP contribution in [-0.4, -0.2) is 8.07 Å². The van der Waals surface area contributed by atoms with Crippen molar-refractivity contribution in [1.82, 2.24) is 0 Å². The minimum absolute atomic E-state index is 0.842. The van der Waals surface area contributed by atoms with Crippen LogP contribution < -0.4 is 0 Å². The van der Waals surface area contributed by atoms with Gasteiger partial charge < -0.3 is 0 Å². The van der Waals surface area contributed by atoms with E-state index in [0.29, 0.717) is 0 Å². The van der Waals surface area contributed by atoms with Crippen LogP contribution in [0.2, 0.25) is 25.7 Å². The Labute approximate surface area is 105 Å². The molecule has 0 spiro atoms. The Morgan fingerprint density at radius 3 is 2.44 bits per heavy atom. The van der Waals surface area contributed by atoms with E-state index in [1.54, 1.807) is 0 Å². The van der Waals surface area contributed by atoms with Gasteiger partial charge in [0.2, 0.25) is 0 Å². The van der Waals surface area contributed by atoms with Gasteiger partial charge in [-0.25, -0.2) is 0 Å². The Hall–Kier alpha value is -0.473. The molecule has 88 valence electrons. The van der Waals surface area contributed by atoms with Crippen LogP contribution in [0.3, 0.4) is 0 Å². The molecule has 1 aromatic rings. The van der Waals surface area contributed by atoms with Gasteiger partial charge in [0.25, 0.3) is 0 Å². The zero-order valence-electron chi connectivity index (χ0n) is 10.6. The molecule has 1 aromatic carbocycles. The first-order valence-electron chi connectivity index (χ1n) is 5.88. The Morgan fingerprint density at radius 1 is 1.12 bits per heavy atom. The molecule has 0 saturated heterocycles. The molecule has 0 unspecified atom stereocenters. The van der Waals surface area contributed by atoms with Gasteiger partial charge in [-0.2, -0.15) is 0 Å². The highest BCUT2D eigenvalue weighted by atomic mass is 32.2. The monoisotopic (exact) mass is 250 g/mol. The van der Waals surface area contributed by atoms with Crippen molar-refractivity contribution < 1.29 is 0 Å². The van der Waals surface area contributed by atoms with E-state index in [-0.39, 0.29) is 0 Å². The highest BCUT2D eigenvalue weighted by Crippen LogP contribution is 2.15. The number of hydrogen-bond acceptors (Lipinski definition) is 1. The topological polar surface area (TPSA) is 0 Å². The number of allylic oxidation sites excluding steroid dienone is 1. The van der Waals surface area contributed by atoms with E-state index in [9.17, 15) is 0 Å². The summed E-state index contributed by atoms with van der Waals surface area (Å²) in [5.41, 5.74) is 1.40. The van der Waals surface area contributed by atoms with Gasteiger partial charge >= 0.3 is 0 Å². The van der Waals surface area contributed by atoms with E-state index in [0.717, 1.165) is 5.75 Å². The molecule has 0 heterocycles. The fourth-order valence-electron chi connectivity index (χ4n) is 1.37. The van der Waals surface area contributed by atoms with Gasteiger partial charge in [-0.3, -0.25) is 0 Å². The lowest BCUT2D eigenvalue weighted by molar-refractivity contribution is 1.16. The third-order valence-corrected chi connectivity index (χ3v) is 5.02. The third kappa shape index (κ3) is 6.91. The van der Waals surface area contributed by atoms with E-state index in [2.05, 4.69) is 61.5 Å². The maximum atomic E-state index is 2.43. The van der Waals surface area contributed by atoms with E-state index < -0.39 is 8.07 Å². The molecule has 0 aliphatic carbocycles. The molecule has 0 aromatic heterocycles. The van der Waals surface area contributed by atoms with Crippen molar-refractivity contribution in [1.29, 1.82) is 0 Å². The van der Waals surface area contributed by atoms with E-state index >= 15 is 0 Å². The van der Waals surface area contributed by atoms with Crippen molar-refractivity contribution in [2.45, 2.75) is 37.9 Å². The van der Waals surface area contributed by atoms with Crippen molar-refractivity contribution in [2.24, 2.45) is 0 Å². The fourth-order valence-corrected chi connectivity index (χ4v) is 3.16. The predicted octanol–water partition coefficient (Wildman–Crippen LogP) is 5.16. The number of benzene rings is 1. The van der Waals surface area contributed by atoms with Gasteiger partial charge in [0, 0.05) is 13.8 Å². The van der Waals surface area contributed by atoms with Crippen LogP contribution >= 0.6 is 11.8 Å². The number of thioether (sulfide) groups is 1. The molecule has 0 atom stereocenters. The Balaban J connectivity index is 2.14. The number of hydrogen-bond donors (Lipinski definition) is 0. The van der Waals surface area contributed by atoms with Crippen LogP contribution in [0, 0.1) is 0 Å². The molecule has 0 aliphatic heterocycles. The fraction of sp³-hybridized carbons (Fsp3) is 0.429. The summed E-state index contributed by atoms with van der Waals surface area (Å²) in [5, 5.41) is 2.26. The highest BCUT2D eigenvalue weighted by molar-refractivity contribution is 8.01. The van der Waals surface area contributed by atoms with E-state index in [1.807, 2.05) is 11.8 Å². The second-order valence-electron chi connectivity index (χ2n) is 5.27. The molecule has 0 fully saturated rings. The van der Waals surface area contributed by atoms with Crippen molar-refractivity contribution in [3.05, 3.63) is 47.4 Å². The molecule has 0 bridgehead atoms. The zero-order valence-corrected chi connectivity index (χ0v) is 12.4. The molecule has 0 N–H and O–H groups in total. The quantitative estimate of drug-likeness (QED) is 0.628. The van der Waals surface area contributed by atoms with Gasteiger partial charge in [-0.05, 0) is 17.4 Å². The number of rotatable bonds is 6. The zero-order chi connectivity index (χ0) is 11.9. The van der Waals surface area contributed by atoms with Gasteiger partial charge in [-0.1, -0.05) is 62.1 Å². The first-order valence-corrected chi connectivity index (χ1v) is 10.6. The normalized spacial score (nSPS) is 12.2. The molecule has 2 heteroatoms. The molecule has 16 heavy (non-hydrogen) atoms. The lowest BCUT2D eigenvalue weighted by atomic mass is 10.2. The molecular weight excluding hydrogens is 228 g/mol. The van der Waals surface area contributed by atoms with Gasteiger partial charge in [-0.15, -0.1) is 11.8 Å². The highest BCUT2D eigenvalue weighted by Gasteiger charge is 2.10. The van der Waals surface area contributed by atoms with E-state index in [4.69, 9.17) is 0 Å². The SMILES string of the molecule is C[Si](C)(C)CC/C=C/SCc1ccccc1. The maximum absolute atomic E-state index is 2.43. The summed E-state index contributed by atoms with van der Waals surface area (Å²) in [4.78, 5) is 0. The Morgan fingerprint density at radius 2 is 1.81 bits per heavy atom. The van der Waals surface area contributed by atoms with Crippen LogP contribution in [-0.2, 0) is 5.75 Å². The van der Waals surface area contributed by atoms with Gasteiger partial charge in [0.05, 0.1) is 0 Å². The van der Waals surface area contributed by atoms with Crippen molar-refractivity contribution in [2.75, 3.05) is 0 Å². The molecule has 0 aliphatic rings. The van der Waals surface area contributed by atoms with Crippen molar-refractivity contribution in [3.8, 4) is 0 Å². The van der Waals surface area contributed by atoms with Gasteiger partial charge in [0.1, 0.15) is 0 Å². The largest absolute Gasteiger partial charge is 0.130 e. The lowest BCUT2D eigenvalue weighted by Gasteiger charge is -2.13. The lowest BCUT2D eigenvalue weighted by Crippen LogP contribution is -2.18. The maximum Gasteiger partial charge on any atom is 0.0445 e. The summed E-state index contributed by atoms with van der Waals surface area (Å²) >= 11 is 1.89. The average molecular weight is 250 g/mol. The molecule has 0 radical (unpaired) electrons. The van der Waals surface area contributed by atoms with Gasteiger partial charge in [0.15, 0.2) is 0 Å².